The van der Waals surface area contributed by atoms with Gasteiger partial charge in [-0.15, -0.1) is 0 Å². The maximum absolute atomic E-state index is 11.6. The van der Waals surface area contributed by atoms with Crippen LogP contribution in [-0.4, -0.2) is 35.8 Å². The highest BCUT2D eigenvalue weighted by Gasteiger charge is 2.24. The number of carbonyl (C=O) groups excluding carboxylic acids is 2. The van der Waals surface area contributed by atoms with Crippen molar-refractivity contribution in [3.05, 3.63) is 48.6 Å². The number of nitrogens with one attached hydrogen (secondary N) is 1. The first kappa shape index (κ1) is 17.2. The predicted octanol–water partition coefficient (Wildman–Crippen LogP) is 1.49. The van der Waals surface area contributed by atoms with Gasteiger partial charge >= 0.3 is 18.0 Å². The second-order valence-corrected chi connectivity index (χ2v) is 4.27. The van der Waals surface area contributed by atoms with Crippen LogP contribution in [0.3, 0.4) is 0 Å². The van der Waals surface area contributed by atoms with E-state index in [4.69, 9.17) is 9.84 Å². The van der Waals surface area contributed by atoms with Crippen LogP contribution in [0.1, 0.15) is 12.0 Å². The maximum Gasteiger partial charge on any atom is 0.408 e. The van der Waals surface area contributed by atoms with Crippen LogP contribution in [0.4, 0.5) is 4.79 Å². The standard InChI is InChI=1S/C15H17NO6/c1-2-8-21-15(20)16-12(14(18)19)9-13(17)22-10-11-6-4-3-5-7-11/h2-7,12H,1,8-10H2,(H,16,20)(H,18,19)/t12-/m0/s1. The Labute approximate surface area is 127 Å². The highest BCUT2D eigenvalue weighted by atomic mass is 16.5. The first-order valence-electron chi connectivity index (χ1n) is 6.49. The number of benzene rings is 1. The van der Waals surface area contributed by atoms with Crippen LogP contribution < -0.4 is 5.32 Å². The van der Waals surface area contributed by atoms with E-state index in [0.29, 0.717) is 0 Å². The smallest absolute Gasteiger partial charge is 0.408 e. The van der Waals surface area contributed by atoms with Gasteiger partial charge in [-0.2, -0.15) is 0 Å². The Kier molecular flexibility index (Phi) is 7.18. The molecule has 0 aliphatic heterocycles. The molecular weight excluding hydrogens is 290 g/mol. The summed E-state index contributed by atoms with van der Waals surface area (Å²) in [5.74, 6) is -2.09. The van der Waals surface area contributed by atoms with Crippen LogP contribution in [0.5, 0.6) is 0 Å². The second kappa shape index (κ2) is 9.17. The van der Waals surface area contributed by atoms with E-state index in [-0.39, 0.29) is 13.2 Å². The number of rotatable bonds is 8. The molecule has 0 spiro atoms. The zero-order valence-electron chi connectivity index (χ0n) is 11.9. The van der Waals surface area contributed by atoms with E-state index >= 15 is 0 Å². The van der Waals surface area contributed by atoms with Gasteiger partial charge < -0.3 is 19.9 Å². The molecule has 0 heterocycles. The van der Waals surface area contributed by atoms with Crippen LogP contribution in [0.15, 0.2) is 43.0 Å². The van der Waals surface area contributed by atoms with E-state index in [0.717, 1.165) is 5.56 Å². The molecule has 0 aromatic heterocycles. The molecule has 7 nitrogen and oxygen atoms in total. The number of hydrogen-bond acceptors (Lipinski definition) is 5. The molecule has 0 saturated carbocycles. The van der Waals surface area contributed by atoms with E-state index in [9.17, 15) is 14.4 Å². The first-order valence-corrected chi connectivity index (χ1v) is 6.49. The third-order valence-corrected chi connectivity index (χ3v) is 2.54. The number of carboxylic acids is 1. The van der Waals surface area contributed by atoms with Crippen LogP contribution in [0, 0.1) is 0 Å². The Morgan fingerprint density at radius 1 is 1.23 bits per heavy atom. The molecule has 0 aliphatic carbocycles. The van der Waals surface area contributed by atoms with Crippen molar-refractivity contribution in [3.63, 3.8) is 0 Å². The molecule has 1 amide bonds. The third kappa shape index (κ3) is 6.56. The fraction of sp³-hybridized carbons (Fsp3) is 0.267. The molecule has 0 radical (unpaired) electrons. The van der Waals surface area contributed by atoms with Crippen molar-refractivity contribution >= 4 is 18.0 Å². The number of amides is 1. The number of esters is 1. The van der Waals surface area contributed by atoms with Crippen molar-refractivity contribution < 1.29 is 29.0 Å². The lowest BCUT2D eigenvalue weighted by Crippen LogP contribution is -2.42. The number of ether oxygens (including phenoxy) is 2. The predicted molar refractivity (Wildman–Crippen MR) is 77.0 cm³/mol. The Morgan fingerprint density at radius 2 is 1.91 bits per heavy atom. The minimum absolute atomic E-state index is 0.0346. The van der Waals surface area contributed by atoms with E-state index in [1.807, 2.05) is 6.07 Å². The fourth-order valence-electron chi connectivity index (χ4n) is 1.48. The lowest BCUT2D eigenvalue weighted by atomic mass is 10.2. The average molecular weight is 307 g/mol. The van der Waals surface area contributed by atoms with Gasteiger partial charge in [0.1, 0.15) is 19.3 Å². The van der Waals surface area contributed by atoms with Crippen molar-refractivity contribution in [1.82, 2.24) is 5.32 Å². The lowest BCUT2D eigenvalue weighted by molar-refractivity contribution is -0.150. The summed E-state index contributed by atoms with van der Waals surface area (Å²) in [6, 6.07) is 7.53. The van der Waals surface area contributed by atoms with Crippen molar-refractivity contribution in [1.29, 1.82) is 0 Å². The molecule has 2 N–H and O–H groups in total. The van der Waals surface area contributed by atoms with Gasteiger partial charge in [0.15, 0.2) is 0 Å². The number of aliphatic carboxylic acids is 1. The molecule has 22 heavy (non-hydrogen) atoms. The summed E-state index contributed by atoms with van der Waals surface area (Å²) in [6.07, 6.45) is -0.0994. The van der Waals surface area contributed by atoms with Crippen LogP contribution in [0.25, 0.3) is 0 Å². The van der Waals surface area contributed by atoms with Gasteiger partial charge in [0.2, 0.25) is 0 Å². The summed E-state index contributed by atoms with van der Waals surface area (Å²) in [4.78, 5) is 33.9. The van der Waals surface area contributed by atoms with Crippen molar-refractivity contribution in [2.75, 3.05) is 6.61 Å². The maximum atomic E-state index is 11.6. The molecule has 1 aromatic rings. The van der Waals surface area contributed by atoms with E-state index < -0.39 is 30.5 Å². The first-order chi connectivity index (χ1) is 10.5. The summed E-state index contributed by atoms with van der Waals surface area (Å²) >= 11 is 0. The zero-order valence-corrected chi connectivity index (χ0v) is 11.9. The van der Waals surface area contributed by atoms with Crippen LogP contribution in [-0.2, 0) is 25.7 Å². The summed E-state index contributed by atoms with van der Waals surface area (Å²) in [5, 5.41) is 11.1. The molecule has 7 heteroatoms. The van der Waals surface area contributed by atoms with Gasteiger partial charge in [-0.05, 0) is 5.56 Å². The molecule has 0 fully saturated rings. The molecule has 118 valence electrons. The topological polar surface area (TPSA) is 102 Å². The fourth-order valence-corrected chi connectivity index (χ4v) is 1.48. The van der Waals surface area contributed by atoms with Crippen LogP contribution in [0.2, 0.25) is 0 Å². The summed E-state index contributed by atoms with van der Waals surface area (Å²) < 4.78 is 9.56. The SMILES string of the molecule is C=CCOC(=O)N[C@@H](CC(=O)OCc1ccccc1)C(=O)O. The Hall–Kier alpha value is -2.83. The highest BCUT2D eigenvalue weighted by Crippen LogP contribution is 2.03. The molecular formula is C15H17NO6. The van der Waals surface area contributed by atoms with Gasteiger partial charge in [0.25, 0.3) is 0 Å². The van der Waals surface area contributed by atoms with Crippen LogP contribution >= 0.6 is 0 Å². The largest absolute Gasteiger partial charge is 0.480 e. The highest BCUT2D eigenvalue weighted by molar-refractivity contribution is 5.85. The van der Waals surface area contributed by atoms with E-state index in [1.54, 1.807) is 24.3 Å². The van der Waals surface area contributed by atoms with Crippen molar-refractivity contribution in [2.24, 2.45) is 0 Å². The molecule has 0 unspecified atom stereocenters. The molecule has 1 aromatic carbocycles. The Bertz CT molecular complexity index is 528. The van der Waals surface area contributed by atoms with E-state index in [2.05, 4.69) is 16.6 Å². The third-order valence-electron chi connectivity index (χ3n) is 2.54. The van der Waals surface area contributed by atoms with Gasteiger partial charge in [-0.25, -0.2) is 9.59 Å². The molecule has 0 aliphatic rings. The lowest BCUT2D eigenvalue weighted by Gasteiger charge is -2.13. The van der Waals surface area contributed by atoms with Crippen molar-refractivity contribution in [2.45, 2.75) is 19.1 Å². The monoisotopic (exact) mass is 307 g/mol. The van der Waals surface area contributed by atoms with E-state index in [1.165, 1.54) is 6.08 Å². The molecule has 1 atom stereocenters. The average Bonchev–Trinajstić information content (AvgIpc) is 2.51. The minimum Gasteiger partial charge on any atom is -0.480 e. The molecule has 1 rings (SSSR count). The number of carboxylic acid groups (broad SMARTS) is 1. The van der Waals surface area contributed by atoms with Gasteiger partial charge in [-0.1, -0.05) is 43.0 Å². The van der Waals surface area contributed by atoms with Gasteiger partial charge in [0.05, 0.1) is 6.42 Å². The Balaban J connectivity index is 2.45. The quantitative estimate of drug-likeness (QED) is 0.557. The molecule has 0 saturated heterocycles. The molecule has 0 bridgehead atoms. The summed E-state index contributed by atoms with van der Waals surface area (Å²) in [5.41, 5.74) is 0.779. The van der Waals surface area contributed by atoms with Gasteiger partial charge in [0, 0.05) is 0 Å². The zero-order chi connectivity index (χ0) is 16.4. The normalized spacial score (nSPS) is 11.1. The summed E-state index contributed by atoms with van der Waals surface area (Å²) in [7, 11) is 0. The van der Waals surface area contributed by atoms with Crippen molar-refractivity contribution in [3.8, 4) is 0 Å². The Morgan fingerprint density at radius 3 is 2.50 bits per heavy atom. The minimum atomic E-state index is -1.42. The second-order valence-electron chi connectivity index (χ2n) is 4.27. The summed E-state index contributed by atoms with van der Waals surface area (Å²) in [6.45, 7) is 3.33. The number of alkyl carbamates (subject to hydrolysis) is 1. The van der Waals surface area contributed by atoms with Gasteiger partial charge in [-0.3, -0.25) is 4.79 Å². The number of carbonyl (C=O) groups is 3. The number of hydrogen-bond donors (Lipinski definition) is 2.